The highest BCUT2D eigenvalue weighted by Crippen LogP contribution is 2.35. The SMILES string of the molecule is CC(C)(C)OC(=O)C[C@@H](CCCC[C@H](NC(=O)OC(C)(C)C)C(=O)N1CC[C@H]2NC[C@H](COc3ccc(F)c(F)c3)[C@H]21)C(=O)N1CC[C@H]2NC[C@H](COc3ccc(F)c(F)c3)[C@H]21. The van der Waals surface area contributed by atoms with Gasteiger partial charge >= 0.3 is 12.1 Å². The van der Waals surface area contributed by atoms with Crippen molar-refractivity contribution in [1.29, 1.82) is 0 Å². The molecule has 0 spiro atoms. The van der Waals surface area contributed by atoms with Gasteiger partial charge in [0.15, 0.2) is 23.3 Å². The van der Waals surface area contributed by atoms with Gasteiger partial charge in [-0.25, -0.2) is 22.4 Å². The minimum atomic E-state index is -1.02. The summed E-state index contributed by atoms with van der Waals surface area (Å²) in [5.74, 6) is -5.68. The molecule has 4 saturated heterocycles. The monoisotopic (exact) mass is 875 g/mol. The van der Waals surface area contributed by atoms with Crippen molar-refractivity contribution in [1.82, 2.24) is 25.8 Å². The molecule has 4 aliphatic rings. The number of carbonyl (C=O) groups is 4. The van der Waals surface area contributed by atoms with E-state index >= 15 is 0 Å². The molecule has 62 heavy (non-hydrogen) atoms. The quantitative estimate of drug-likeness (QED) is 0.106. The highest BCUT2D eigenvalue weighted by molar-refractivity contribution is 5.86. The minimum absolute atomic E-state index is 0.00250. The summed E-state index contributed by atoms with van der Waals surface area (Å²) >= 11 is 0. The van der Waals surface area contributed by atoms with Crippen molar-refractivity contribution in [3.05, 3.63) is 59.7 Å². The number of carbonyl (C=O) groups excluding carboxylic acids is 4. The van der Waals surface area contributed by atoms with Crippen molar-refractivity contribution in [2.75, 3.05) is 39.4 Å². The van der Waals surface area contributed by atoms with Crippen LogP contribution < -0.4 is 25.4 Å². The van der Waals surface area contributed by atoms with E-state index in [4.69, 9.17) is 18.9 Å². The van der Waals surface area contributed by atoms with Gasteiger partial charge in [-0.05, 0) is 91.5 Å². The highest BCUT2D eigenvalue weighted by atomic mass is 19.2. The van der Waals surface area contributed by atoms with Crippen LogP contribution in [0.5, 0.6) is 11.5 Å². The van der Waals surface area contributed by atoms with E-state index in [1.807, 2.05) is 4.90 Å². The molecule has 3 amide bonds. The Kier molecular flexibility index (Phi) is 15.0. The van der Waals surface area contributed by atoms with Crippen molar-refractivity contribution >= 4 is 23.9 Å². The predicted octanol–water partition coefficient (Wildman–Crippen LogP) is 5.88. The number of alkyl carbamates (subject to hydrolysis) is 1. The van der Waals surface area contributed by atoms with E-state index in [0.29, 0.717) is 58.3 Å². The Labute approximate surface area is 360 Å². The number of benzene rings is 2. The number of rotatable bonds is 16. The molecule has 2 aromatic rings. The predicted molar refractivity (Wildman–Crippen MR) is 220 cm³/mol. The molecule has 17 heteroatoms. The minimum Gasteiger partial charge on any atom is -0.493 e. The third-order valence-electron chi connectivity index (χ3n) is 11.9. The molecule has 0 radical (unpaired) electrons. The molecular weight excluding hydrogens is 815 g/mol. The summed E-state index contributed by atoms with van der Waals surface area (Å²) in [4.78, 5) is 58.8. The lowest BCUT2D eigenvalue weighted by molar-refractivity contribution is -0.159. The molecule has 4 heterocycles. The molecule has 2 aromatic carbocycles. The Bertz CT molecular complexity index is 1790. The molecule has 0 bridgehead atoms. The van der Waals surface area contributed by atoms with E-state index < -0.39 is 58.5 Å². The van der Waals surface area contributed by atoms with E-state index in [0.717, 1.165) is 24.3 Å². The van der Waals surface area contributed by atoms with Crippen LogP contribution in [0.25, 0.3) is 0 Å². The van der Waals surface area contributed by atoms with Gasteiger partial charge in [-0.2, -0.15) is 0 Å². The van der Waals surface area contributed by atoms with Crippen molar-refractivity contribution in [2.24, 2.45) is 17.8 Å². The third kappa shape index (κ3) is 12.1. The number of halogens is 4. The maximum Gasteiger partial charge on any atom is 0.408 e. The topological polar surface area (TPSA) is 148 Å². The fraction of sp³-hybridized carbons (Fsp3) is 0.644. The second kappa shape index (κ2) is 19.8. The molecule has 13 nitrogen and oxygen atoms in total. The molecule has 3 N–H and O–H groups in total. The number of esters is 1. The average Bonchev–Trinajstić information content (AvgIpc) is 3.98. The van der Waals surface area contributed by atoms with E-state index in [-0.39, 0.29) is 85.4 Å². The first kappa shape index (κ1) is 46.9. The summed E-state index contributed by atoms with van der Waals surface area (Å²) in [5, 5.41) is 9.72. The summed E-state index contributed by atoms with van der Waals surface area (Å²) in [7, 11) is 0. The van der Waals surface area contributed by atoms with Crippen LogP contribution in [0, 0.1) is 41.0 Å². The Morgan fingerprint density at radius 1 is 0.694 bits per heavy atom. The van der Waals surface area contributed by atoms with Gasteiger partial charge in [0.05, 0.1) is 31.7 Å². The number of likely N-dealkylation sites (tertiary alicyclic amines) is 2. The van der Waals surface area contributed by atoms with Crippen molar-refractivity contribution in [2.45, 2.75) is 128 Å². The normalized spacial score (nSPS) is 24.3. The summed E-state index contributed by atoms with van der Waals surface area (Å²) in [5.41, 5.74) is -1.59. The Morgan fingerprint density at radius 3 is 1.66 bits per heavy atom. The second-order valence-electron chi connectivity index (χ2n) is 18.9. The lowest BCUT2D eigenvalue weighted by Crippen LogP contribution is -2.53. The van der Waals surface area contributed by atoms with Crippen LogP contribution in [0.1, 0.15) is 86.5 Å². The van der Waals surface area contributed by atoms with Gasteiger partial charge in [-0.3, -0.25) is 14.4 Å². The molecule has 0 unspecified atom stereocenters. The standard InChI is InChI=1S/C45H61F4N5O8/c1-44(2,3)61-38(55)19-26(41(56)53-17-15-35-39(53)27(22-50-35)24-59-29-11-13-31(46)33(48)20-29)9-7-8-10-37(52-43(58)62-45(4,5)6)42(57)54-18-16-36-40(54)28(23-51-36)25-60-30-12-14-32(47)34(49)21-30/h11-14,20-21,26-28,35-37,39-40,50-51H,7-10,15-19,22-25H2,1-6H3,(H,52,58)/t26-,27-,28-,35-,36-,37+,39-,40-/m1/s1. The van der Waals surface area contributed by atoms with Crippen molar-refractivity contribution in [3.8, 4) is 11.5 Å². The Morgan fingerprint density at radius 2 is 1.18 bits per heavy atom. The lowest BCUT2D eigenvalue weighted by Gasteiger charge is -2.33. The first-order valence-corrected chi connectivity index (χ1v) is 21.7. The van der Waals surface area contributed by atoms with Crippen LogP contribution in [0.3, 0.4) is 0 Å². The Hall–Kier alpha value is -4.64. The fourth-order valence-electron chi connectivity index (χ4n) is 9.24. The number of hydrogen-bond donors (Lipinski definition) is 3. The van der Waals surface area contributed by atoms with E-state index in [9.17, 15) is 36.7 Å². The van der Waals surface area contributed by atoms with Crippen molar-refractivity contribution in [3.63, 3.8) is 0 Å². The van der Waals surface area contributed by atoms with Gasteiger partial charge in [0.1, 0.15) is 28.7 Å². The zero-order valence-corrected chi connectivity index (χ0v) is 36.4. The van der Waals surface area contributed by atoms with Crippen LogP contribution >= 0.6 is 0 Å². The average molecular weight is 876 g/mol. The highest BCUT2D eigenvalue weighted by Gasteiger charge is 2.49. The zero-order valence-electron chi connectivity index (χ0n) is 36.4. The van der Waals surface area contributed by atoms with Gasteiger partial charge in [0, 0.05) is 68.1 Å². The molecule has 342 valence electrons. The van der Waals surface area contributed by atoms with Crippen LogP contribution in [-0.4, -0.2) is 114 Å². The molecular formula is C45H61F4N5O8. The maximum absolute atomic E-state index is 14.5. The molecule has 4 aliphatic heterocycles. The van der Waals surface area contributed by atoms with Crippen molar-refractivity contribution < 1.29 is 55.7 Å². The summed E-state index contributed by atoms with van der Waals surface area (Å²) in [6.07, 6.45) is 1.88. The van der Waals surface area contributed by atoms with Crippen LogP contribution in [0.2, 0.25) is 0 Å². The molecule has 0 aromatic heterocycles. The number of amides is 3. The fourth-order valence-corrected chi connectivity index (χ4v) is 9.24. The van der Waals surface area contributed by atoms with E-state index in [1.165, 1.54) is 12.1 Å². The zero-order chi connectivity index (χ0) is 44.9. The number of ether oxygens (including phenoxy) is 4. The lowest BCUT2D eigenvalue weighted by atomic mass is 9.93. The van der Waals surface area contributed by atoms with E-state index in [2.05, 4.69) is 16.0 Å². The van der Waals surface area contributed by atoms with Crippen LogP contribution in [-0.2, 0) is 23.9 Å². The molecule has 8 atom stereocenters. The van der Waals surface area contributed by atoms with Gasteiger partial charge in [0.25, 0.3) is 0 Å². The second-order valence-corrected chi connectivity index (χ2v) is 18.9. The molecule has 4 fully saturated rings. The Balaban J connectivity index is 1.12. The number of hydrogen-bond acceptors (Lipinski definition) is 10. The first-order chi connectivity index (χ1) is 29.3. The third-order valence-corrected chi connectivity index (χ3v) is 11.9. The first-order valence-electron chi connectivity index (χ1n) is 21.7. The van der Waals surface area contributed by atoms with Crippen LogP contribution in [0.15, 0.2) is 36.4 Å². The van der Waals surface area contributed by atoms with Gasteiger partial charge < -0.3 is 44.7 Å². The molecule has 0 aliphatic carbocycles. The number of nitrogens with one attached hydrogen (secondary N) is 3. The maximum atomic E-state index is 14.5. The molecule has 0 saturated carbocycles. The summed E-state index contributed by atoms with van der Waals surface area (Å²) < 4.78 is 77.7. The summed E-state index contributed by atoms with van der Waals surface area (Å²) in [6, 6.07) is 5.20. The smallest absolute Gasteiger partial charge is 0.408 e. The van der Waals surface area contributed by atoms with Gasteiger partial charge in [-0.1, -0.05) is 12.8 Å². The molecule has 6 rings (SSSR count). The summed E-state index contributed by atoms with van der Waals surface area (Å²) in [6.45, 7) is 12.8. The largest absolute Gasteiger partial charge is 0.493 e. The van der Waals surface area contributed by atoms with Crippen LogP contribution in [0.4, 0.5) is 22.4 Å². The number of nitrogens with zero attached hydrogens (tertiary/aromatic N) is 2. The van der Waals surface area contributed by atoms with Gasteiger partial charge in [-0.15, -0.1) is 0 Å². The number of unbranched alkanes of at least 4 members (excludes halogenated alkanes) is 1. The van der Waals surface area contributed by atoms with E-state index in [1.54, 1.807) is 46.4 Å². The number of fused-ring (bicyclic) bond motifs is 2. The van der Waals surface area contributed by atoms with Gasteiger partial charge in [0.2, 0.25) is 11.8 Å².